The highest BCUT2D eigenvalue weighted by molar-refractivity contribution is 5.74. The maximum atomic E-state index is 2.43. The number of hydrogen-bond donors (Lipinski definition) is 0. The molecule has 19 heavy (non-hydrogen) atoms. The molecule has 0 N–H and O–H groups in total. The summed E-state index contributed by atoms with van der Waals surface area (Å²) in [5.41, 5.74) is 0. The Morgan fingerprint density at radius 1 is 0.789 bits per heavy atom. The molecular weight excluding hydrogens is 234 g/mol. The first-order valence-corrected chi connectivity index (χ1v) is 8.08. The normalized spacial score (nSPS) is 10.4. The van der Waals surface area contributed by atoms with Gasteiger partial charge in [-0.05, 0) is 19.3 Å². The molecule has 0 radical (unpaired) electrons. The van der Waals surface area contributed by atoms with E-state index in [1.165, 1.54) is 44.5 Å². The first-order valence-electron chi connectivity index (χ1n) is 8.08. The SMILES string of the molecule is CCCCN(C)C(N(C)CCCC)=[N+](C)CCCC. The van der Waals surface area contributed by atoms with Crippen LogP contribution in [0.5, 0.6) is 0 Å². The molecule has 0 unspecified atom stereocenters. The Bertz CT molecular complexity index is 232. The highest BCUT2D eigenvalue weighted by Crippen LogP contribution is 2.01. The minimum Gasteiger partial charge on any atom is -0.268 e. The first kappa shape index (κ1) is 18.3. The summed E-state index contributed by atoms with van der Waals surface area (Å²) >= 11 is 0. The fourth-order valence-electron chi connectivity index (χ4n) is 2.36. The molecule has 0 aromatic heterocycles. The smallest absolute Gasteiger partial charge is 0.268 e. The quantitative estimate of drug-likeness (QED) is 0.361. The Kier molecular flexibility index (Phi) is 10.7. The summed E-state index contributed by atoms with van der Waals surface area (Å²) < 4.78 is 2.43. The van der Waals surface area contributed by atoms with E-state index in [1.807, 2.05) is 0 Å². The molecule has 0 aliphatic rings. The molecule has 3 heteroatoms. The summed E-state index contributed by atoms with van der Waals surface area (Å²) in [6, 6.07) is 0. The van der Waals surface area contributed by atoms with Gasteiger partial charge in [-0.2, -0.15) is 0 Å². The summed E-state index contributed by atoms with van der Waals surface area (Å²) in [6.07, 6.45) is 7.58. The van der Waals surface area contributed by atoms with Crippen molar-refractivity contribution in [3.8, 4) is 0 Å². The van der Waals surface area contributed by atoms with Crippen molar-refractivity contribution in [2.75, 3.05) is 40.8 Å². The molecule has 0 atom stereocenters. The molecule has 0 aromatic carbocycles. The van der Waals surface area contributed by atoms with E-state index in [4.69, 9.17) is 0 Å². The topological polar surface area (TPSA) is 9.49 Å². The van der Waals surface area contributed by atoms with Gasteiger partial charge in [0.1, 0.15) is 0 Å². The number of unbranched alkanes of at least 4 members (excludes halogenated alkanes) is 3. The Hall–Kier alpha value is -0.730. The van der Waals surface area contributed by atoms with Crippen LogP contribution in [0.4, 0.5) is 0 Å². The zero-order valence-electron chi connectivity index (χ0n) is 14.2. The molecule has 0 fully saturated rings. The Morgan fingerprint density at radius 2 is 1.21 bits per heavy atom. The van der Waals surface area contributed by atoms with Gasteiger partial charge in [-0.25, -0.2) is 0 Å². The van der Waals surface area contributed by atoms with Gasteiger partial charge < -0.3 is 0 Å². The zero-order valence-corrected chi connectivity index (χ0v) is 14.2. The lowest BCUT2D eigenvalue weighted by Gasteiger charge is -2.25. The van der Waals surface area contributed by atoms with Crippen LogP contribution in [0.1, 0.15) is 59.3 Å². The third kappa shape index (κ3) is 7.44. The minimum atomic E-state index is 1.15. The molecule has 0 saturated heterocycles. The monoisotopic (exact) mass is 270 g/mol. The lowest BCUT2D eigenvalue weighted by Crippen LogP contribution is -2.46. The van der Waals surface area contributed by atoms with E-state index >= 15 is 0 Å². The summed E-state index contributed by atoms with van der Waals surface area (Å²) in [4.78, 5) is 4.85. The maximum Gasteiger partial charge on any atom is 0.349 e. The molecule has 0 spiro atoms. The van der Waals surface area contributed by atoms with Gasteiger partial charge in [-0.3, -0.25) is 14.4 Å². The molecule has 0 aromatic rings. The van der Waals surface area contributed by atoms with Crippen LogP contribution >= 0.6 is 0 Å². The Morgan fingerprint density at radius 3 is 1.58 bits per heavy atom. The fourth-order valence-corrected chi connectivity index (χ4v) is 2.36. The predicted octanol–water partition coefficient (Wildman–Crippen LogP) is 3.25. The van der Waals surface area contributed by atoms with Crippen LogP contribution in [-0.2, 0) is 0 Å². The van der Waals surface area contributed by atoms with E-state index in [1.54, 1.807) is 0 Å². The van der Waals surface area contributed by atoms with Crippen LogP contribution < -0.4 is 0 Å². The first-order chi connectivity index (χ1) is 9.08. The highest BCUT2D eigenvalue weighted by atomic mass is 15.4. The van der Waals surface area contributed by atoms with Crippen LogP contribution in [0.3, 0.4) is 0 Å². The van der Waals surface area contributed by atoms with Crippen molar-refractivity contribution in [2.24, 2.45) is 0 Å². The molecule has 0 aliphatic heterocycles. The lowest BCUT2D eigenvalue weighted by molar-refractivity contribution is -0.508. The van der Waals surface area contributed by atoms with Crippen molar-refractivity contribution in [1.82, 2.24) is 9.80 Å². The van der Waals surface area contributed by atoms with Crippen molar-refractivity contribution in [3.63, 3.8) is 0 Å². The third-order valence-corrected chi connectivity index (χ3v) is 3.57. The fraction of sp³-hybridized carbons (Fsp3) is 0.938. The lowest BCUT2D eigenvalue weighted by atomic mass is 10.3. The van der Waals surface area contributed by atoms with Crippen LogP contribution in [-0.4, -0.2) is 61.1 Å². The average Bonchev–Trinajstić information content (AvgIpc) is 2.40. The van der Waals surface area contributed by atoms with E-state index in [0.29, 0.717) is 0 Å². The number of guanidine groups is 1. The maximum absolute atomic E-state index is 2.43. The second kappa shape index (κ2) is 11.1. The van der Waals surface area contributed by atoms with Crippen LogP contribution in [0.25, 0.3) is 0 Å². The molecule has 3 nitrogen and oxygen atoms in total. The Labute approximate surface area is 121 Å². The van der Waals surface area contributed by atoms with E-state index in [2.05, 4.69) is 56.3 Å². The molecule has 0 saturated carbocycles. The number of rotatable bonds is 9. The summed E-state index contributed by atoms with van der Waals surface area (Å²) in [6.45, 7) is 10.2. The Balaban J connectivity index is 4.78. The average molecular weight is 270 g/mol. The van der Waals surface area contributed by atoms with Crippen LogP contribution in [0.15, 0.2) is 0 Å². The summed E-state index contributed by atoms with van der Waals surface area (Å²) in [5, 5.41) is 0. The third-order valence-electron chi connectivity index (χ3n) is 3.57. The van der Waals surface area contributed by atoms with Crippen molar-refractivity contribution in [2.45, 2.75) is 59.3 Å². The molecular formula is C16H36N3+. The standard InChI is InChI=1S/C16H36N3/c1-7-10-13-17(4)16(18(5)14-11-8-2)19(6)15-12-9-3/h7-15H2,1-6H3/q+1. The molecule has 0 heterocycles. The van der Waals surface area contributed by atoms with E-state index in [9.17, 15) is 0 Å². The van der Waals surface area contributed by atoms with Gasteiger partial charge >= 0.3 is 5.96 Å². The molecule has 0 amide bonds. The van der Waals surface area contributed by atoms with Gasteiger partial charge in [-0.15, -0.1) is 0 Å². The van der Waals surface area contributed by atoms with Crippen molar-refractivity contribution < 1.29 is 4.58 Å². The number of nitrogens with zero attached hydrogens (tertiary/aromatic N) is 3. The van der Waals surface area contributed by atoms with Gasteiger partial charge in [-0.1, -0.05) is 40.0 Å². The molecule has 0 aliphatic carbocycles. The largest absolute Gasteiger partial charge is 0.349 e. The van der Waals surface area contributed by atoms with Gasteiger partial charge in [0.05, 0.1) is 40.8 Å². The van der Waals surface area contributed by atoms with E-state index in [-0.39, 0.29) is 0 Å². The van der Waals surface area contributed by atoms with Gasteiger partial charge in [0.15, 0.2) is 0 Å². The van der Waals surface area contributed by atoms with E-state index < -0.39 is 0 Å². The minimum absolute atomic E-state index is 1.15. The molecule has 0 bridgehead atoms. The number of hydrogen-bond acceptors (Lipinski definition) is 0. The second-order valence-electron chi connectivity index (χ2n) is 5.63. The zero-order chi connectivity index (χ0) is 14.7. The van der Waals surface area contributed by atoms with Crippen LogP contribution in [0, 0.1) is 0 Å². The summed E-state index contributed by atoms with van der Waals surface area (Å²) in [7, 11) is 6.70. The molecule has 114 valence electrons. The van der Waals surface area contributed by atoms with Crippen molar-refractivity contribution in [1.29, 1.82) is 0 Å². The van der Waals surface area contributed by atoms with Gasteiger partial charge in [0.25, 0.3) is 0 Å². The molecule has 0 rings (SSSR count). The van der Waals surface area contributed by atoms with E-state index in [0.717, 1.165) is 19.6 Å². The summed E-state index contributed by atoms with van der Waals surface area (Å²) in [5.74, 6) is 1.38. The predicted molar refractivity (Wildman–Crippen MR) is 86.0 cm³/mol. The van der Waals surface area contributed by atoms with Crippen LogP contribution in [0.2, 0.25) is 0 Å². The van der Waals surface area contributed by atoms with Crippen molar-refractivity contribution in [3.05, 3.63) is 0 Å². The van der Waals surface area contributed by atoms with Gasteiger partial charge in [0, 0.05) is 0 Å². The second-order valence-corrected chi connectivity index (χ2v) is 5.63. The van der Waals surface area contributed by atoms with Crippen molar-refractivity contribution >= 4 is 5.96 Å². The van der Waals surface area contributed by atoms with Gasteiger partial charge in [0.2, 0.25) is 0 Å². The highest BCUT2D eigenvalue weighted by Gasteiger charge is 2.21.